The average Bonchev–Trinajstić information content (AvgIpc) is 2.49. The molecule has 0 spiro atoms. The van der Waals surface area contributed by atoms with Crippen LogP contribution in [-0.2, 0) is 9.53 Å². The van der Waals surface area contributed by atoms with Crippen LogP contribution in [0.2, 0.25) is 0 Å². The van der Waals surface area contributed by atoms with Gasteiger partial charge in [0.15, 0.2) is 5.41 Å². The minimum atomic E-state index is -0.989. The molecular formula is C18H27NO2. The summed E-state index contributed by atoms with van der Waals surface area (Å²) < 4.78 is 6.15. The number of carbonyl (C=O) groups excluding carboxylic acids is 1. The van der Waals surface area contributed by atoms with Crippen molar-refractivity contribution in [1.82, 2.24) is 0 Å². The standard InChI is InChI=1S/C18H27NO2/c1-4-17(3,11-19)16(20)21-18(5-2)14-7-12-6-13(9-14)10-15(18)8-12/h12-15H,4-10H2,1-3H3. The van der Waals surface area contributed by atoms with Crippen LogP contribution in [0.5, 0.6) is 0 Å². The molecule has 21 heavy (non-hydrogen) atoms. The molecule has 0 aliphatic heterocycles. The summed E-state index contributed by atoms with van der Waals surface area (Å²) in [5.41, 5.74) is -1.27. The smallest absolute Gasteiger partial charge is 0.326 e. The van der Waals surface area contributed by atoms with Crippen LogP contribution in [0.15, 0.2) is 0 Å². The molecule has 1 unspecified atom stereocenters. The Balaban J connectivity index is 1.85. The Bertz CT molecular complexity index is 450. The summed E-state index contributed by atoms with van der Waals surface area (Å²) in [5.74, 6) is 2.49. The lowest BCUT2D eigenvalue weighted by molar-refractivity contribution is -0.216. The number of ether oxygens (including phenoxy) is 1. The minimum absolute atomic E-state index is 0.280. The van der Waals surface area contributed by atoms with Crippen molar-refractivity contribution in [3.05, 3.63) is 0 Å². The number of hydrogen-bond acceptors (Lipinski definition) is 3. The summed E-state index contributed by atoms with van der Waals surface area (Å²) in [4.78, 5) is 12.6. The van der Waals surface area contributed by atoms with E-state index in [1.165, 1.54) is 32.1 Å². The Morgan fingerprint density at radius 1 is 1.19 bits per heavy atom. The number of hydrogen-bond donors (Lipinski definition) is 0. The lowest BCUT2D eigenvalue weighted by Gasteiger charge is -2.60. The third-order valence-electron chi connectivity index (χ3n) is 6.76. The third kappa shape index (κ3) is 2.10. The molecule has 0 aromatic carbocycles. The molecule has 0 heterocycles. The molecule has 0 saturated heterocycles. The number of nitrogens with zero attached hydrogens (tertiary/aromatic N) is 1. The van der Waals surface area contributed by atoms with Crippen LogP contribution < -0.4 is 0 Å². The highest BCUT2D eigenvalue weighted by Gasteiger charge is 2.59. The van der Waals surface area contributed by atoms with Crippen molar-refractivity contribution >= 4 is 5.97 Å². The molecule has 4 fully saturated rings. The molecule has 0 amide bonds. The summed E-state index contributed by atoms with van der Waals surface area (Å²) in [6.07, 6.45) is 7.72. The number of esters is 1. The van der Waals surface area contributed by atoms with Crippen molar-refractivity contribution in [3.8, 4) is 6.07 Å². The van der Waals surface area contributed by atoms with Gasteiger partial charge in [0.05, 0.1) is 6.07 Å². The number of carbonyl (C=O) groups is 1. The Labute approximate surface area is 128 Å². The predicted octanol–water partition coefficient (Wildman–Crippen LogP) is 4.07. The number of nitriles is 1. The van der Waals surface area contributed by atoms with Crippen LogP contribution in [0, 0.1) is 40.4 Å². The van der Waals surface area contributed by atoms with Gasteiger partial charge in [0, 0.05) is 0 Å². The van der Waals surface area contributed by atoms with E-state index in [-0.39, 0.29) is 11.6 Å². The molecule has 0 N–H and O–H groups in total. The quantitative estimate of drug-likeness (QED) is 0.733. The lowest BCUT2D eigenvalue weighted by atomic mass is 9.49. The molecular weight excluding hydrogens is 262 g/mol. The summed E-state index contributed by atoms with van der Waals surface area (Å²) in [6, 6.07) is 2.17. The van der Waals surface area contributed by atoms with Gasteiger partial charge < -0.3 is 4.74 Å². The maximum atomic E-state index is 12.6. The minimum Gasteiger partial charge on any atom is -0.457 e. The molecule has 4 bridgehead atoms. The van der Waals surface area contributed by atoms with Crippen LogP contribution >= 0.6 is 0 Å². The Morgan fingerprint density at radius 2 is 1.71 bits per heavy atom. The molecule has 116 valence electrons. The Kier molecular flexibility index (Phi) is 3.55. The first kappa shape index (κ1) is 14.9. The van der Waals surface area contributed by atoms with E-state index in [1.54, 1.807) is 6.92 Å². The highest BCUT2D eigenvalue weighted by molar-refractivity contribution is 5.80. The van der Waals surface area contributed by atoms with Gasteiger partial charge in [-0.25, -0.2) is 0 Å². The highest BCUT2D eigenvalue weighted by Crippen LogP contribution is 2.60. The SMILES string of the molecule is CCC(C)(C#N)C(=O)OC1(CC)C2CC3CC(C2)CC1C3. The van der Waals surface area contributed by atoms with E-state index in [0.717, 1.165) is 18.3 Å². The van der Waals surface area contributed by atoms with Crippen LogP contribution in [0.3, 0.4) is 0 Å². The second kappa shape index (κ2) is 5.00. The van der Waals surface area contributed by atoms with E-state index in [1.807, 2.05) is 6.92 Å². The topological polar surface area (TPSA) is 50.1 Å². The van der Waals surface area contributed by atoms with Crippen molar-refractivity contribution in [2.75, 3.05) is 0 Å². The fourth-order valence-corrected chi connectivity index (χ4v) is 5.35. The molecule has 0 radical (unpaired) electrons. The molecule has 4 aliphatic rings. The first-order valence-corrected chi connectivity index (χ1v) is 8.62. The second-order valence-electron chi connectivity index (χ2n) is 7.80. The van der Waals surface area contributed by atoms with Gasteiger partial charge in [-0.3, -0.25) is 4.79 Å². The zero-order valence-electron chi connectivity index (χ0n) is 13.5. The molecule has 4 aliphatic carbocycles. The molecule has 4 rings (SSSR count). The molecule has 3 heteroatoms. The molecule has 3 nitrogen and oxygen atoms in total. The van der Waals surface area contributed by atoms with Crippen molar-refractivity contribution in [2.24, 2.45) is 29.1 Å². The summed E-state index contributed by atoms with van der Waals surface area (Å²) >= 11 is 0. The van der Waals surface area contributed by atoms with Crippen molar-refractivity contribution in [3.63, 3.8) is 0 Å². The predicted molar refractivity (Wildman–Crippen MR) is 80.2 cm³/mol. The monoisotopic (exact) mass is 289 g/mol. The van der Waals surface area contributed by atoms with E-state index < -0.39 is 5.41 Å². The number of rotatable bonds is 4. The fourth-order valence-electron chi connectivity index (χ4n) is 5.35. The molecule has 4 saturated carbocycles. The second-order valence-corrected chi connectivity index (χ2v) is 7.80. The molecule has 0 aromatic heterocycles. The van der Waals surface area contributed by atoms with E-state index in [9.17, 15) is 10.1 Å². The highest BCUT2D eigenvalue weighted by atomic mass is 16.6. The first-order chi connectivity index (χ1) is 9.97. The van der Waals surface area contributed by atoms with Crippen molar-refractivity contribution < 1.29 is 9.53 Å². The van der Waals surface area contributed by atoms with Crippen LogP contribution in [0.4, 0.5) is 0 Å². The van der Waals surface area contributed by atoms with E-state index >= 15 is 0 Å². The van der Waals surface area contributed by atoms with E-state index in [4.69, 9.17) is 4.74 Å². The van der Waals surface area contributed by atoms with E-state index in [2.05, 4.69) is 13.0 Å². The lowest BCUT2D eigenvalue weighted by Crippen LogP contribution is -2.60. The first-order valence-electron chi connectivity index (χ1n) is 8.62. The normalized spacial score (nSPS) is 43.1. The van der Waals surface area contributed by atoms with Gasteiger partial charge in [0.25, 0.3) is 0 Å². The Hall–Kier alpha value is -1.04. The maximum absolute atomic E-state index is 12.6. The van der Waals surface area contributed by atoms with Gasteiger partial charge in [-0.2, -0.15) is 5.26 Å². The van der Waals surface area contributed by atoms with Gasteiger partial charge in [-0.1, -0.05) is 13.8 Å². The third-order valence-corrected chi connectivity index (χ3v) is 6.76. The zero-order valence-corrected chi connectivity index (χ0v) is 13.5. The van der Waals surface area contributed by atoms with Gasteiger partial charge in [-0.15, -0.1) is 0 Å². The Morgan fingerprint density at radius 3 is 2.10 bits per heavy atom. The van der Waals surface area contributed by atoms with Crippen LogP contribution in [0.1, 0.15) is 65.7 Å². The fraction of sp³-hybridized carbons (Fsp3) is 0.889. The van der Waals surface area contributed by atoms with Gasteiger partial charge in [0.2, 0.25) is 0 Å². The maximum Gasteiger partial charge on any atom is 0.326 e. The molecule has 0 aromatic rings. The largest absolute Gasteiger partial charge is 0.457 e. The average molecular weight is 289 g/mol. The zero-order chi connectivity index (χ0) is 15.3. The van der Waals surface area contributed by atoms with Crippen molar-refractivity contribution in [1.29, 1.82) is 5.26 Å². The van der Waals surface area contributed by atoms with E-state index in [0.29, 0.717) is 18.3 Å². The van der Waals surface area contributed by atoms with Gasteiger partial charge in [-0.05, 0) is 75.5 Å². The summed E-state index contributed by atoms with van der Waals surface area (Å²) in [6.45, 7) is 5.76. The van der Waals surface area contributed by atoms with Crippen LogP contribution in [-0.4, -0.2) is 11.6 Å². The van der Waals surface area contributed by atoms with Crippen LogP contribution in [0.25, 0.3) is 0 Å². The van der Waals surface area contributed by atoms with Gasteiger partial charge >= 0.3 is 5.97 Å². The van der Waals surface area contributed by atoms with Crippen molar-refractivity contribution in [2.45, 2.75) is 71.3 Å². The molecule has 1 atom stereocenters. The summed E-state index contributed by atoms with van der Waals surface area (Å²) in [7, 11) is 0. The summed E-state index contributed by atoms with van der Waals surface area (Å²) in [5, 5.41) is 9.34. The van der Waals surface area contributed by atoms with Gasteiger partial charge in [0.1, 0.15) is 5.60 Å².